The molecule has 1 aliphatic carbocycles. The summed E-state index contributed by atoms with van der Waals surface area (Å²) in [5, 5.41) is 8.81. The van der Waals surface area contributed by atoms with Crippen molar-refractivity contribution in [2.45, 2.75) is 26.2 Å². The highest BCUT2D eigenvalue weighted by atomic mass is 19.1. The van der Waals surface area contributed by atoms with Gasteiger partial charge in [-0.1, -0.05) is 13.0 Å². The van der Waals surface area contributed by atoms with Gasteiger partial charge in [0.25, 0.3) is 0 Å². The van der Waals surface area contributed by atoms with Crippen LogP contribution in [0.4, 0.5) is 17.6 Å². The van der Waals surface area contributed by atoms with E-state index in [1.165, 1.54) is 24.3 Å². The fraction of sp³-hybridized carbons (Fsp3) is 0.211. The number of halogens is 4. The summed E-state index contributed by atoms with van der Waals surface area (Å²) in [6.07, 6.45) is 2.09. The molecule has 0 radical (unpaired) electrons. The topological polar surface area (TPSA) is 23.8 Å². The summed E-state index contributed by atoms with van der Waals surface area (Å²) < 4.78 is 56.5. The number of nitrogens with zero attached hydrogens (tertiary/aromatic N) is 1. The first-order chi connectivity index (χ1) is 11.5. The van der Waals surface area contributed by atoms with Crippen LogP contribution in [-0.4, -0.2) is 0 Å². The summed E-state index contributed by atoms with van der Waals surface area (Å²) in [5.41, 5.74) is 0.603. The SMILES string of the molecule is CCc1cc(F)c(C2=CCc3c(cc(F)c(C#N)c3F)C2)c(F)c1. The lowest BCUT2D eigenvalue weighted by Crippen LogP contribution is -2.10. The predicted octanol–water partition coefficient (Wildman–Crippen LogP) is 4.86. The first-order valence-electron chi connectivity index (χ1n) is 7.53. The van der Waals surface area contributed by atoms with Crippen molar-refractivity contribution >= 4 is 5.57 Å². The second-order valence-corrected chi connectivity index (χ2v) is 5.70. The van der Waals surface area contributed by atoms with Crippen molar-refractivity contribution in [3.8, 4) is 6.07 Å². The summed E-state index contributed by atoms with van der Waals surface area (Å²) in [4.78, 5) is 0. The standard InChI is InChI=1S/C19H13F4N/c1-2-10-5-16(21)18(17(22)6-10)11-3-4-13-12(7-11)8-15(20)14(9-24)19(13)23/h3,5-6,8H,2,4,7H2,1H3. The number of fused-ring (bicyclic) bond motifs is 1. The summed E-state index contributed by atoms with van der Waals surface area (Å²) >= 11 is 0. The molecule has 0 saturated carbocycles. The molecule has 0 aliphatic heterocycles. The van der Waals surface area contributed by atoms with E-state index in [0.29, 0.717) is 23.1 Å². The monoisotopic (exact) mass is 331 g/mol. The first kappa shape index (κ1) is 16.3. The fourth-order valence-electron chi connectivity index (χ4n) is 3.02. The van der Waals surface area contributed by atoms with Gasteiger partial charge in [0.1, 0.15) is 34.9 Å². The van der Waals surface area contributed by atoms with Crippen molar-refractivity contribution < 1.29 is 17.6 Å². The minimum atomic E-state index is -0.961. The zero-order valence-electron chi connectivity index (χ0n) is 12.9. The number of rotatable bonds is 2. The second kappa shape index (κ2) is 6.12. The molecule has 5 heteroatoms. The molecule has 3 rings (SSSR count). The van der Waals surface area contributed by atoms with Gasteiger partial charge >= 0.3 is 0 Å². The van der Waals surface area contributed by atoms with Crippen LogP contribution in [0.15, 0.2) is 24.3 Å². The van der Waals surface area contributed by atoms with Crippen LogP contribution in [0, 0.1) is 34.6 Å². The third kappa shape index (κ3) is 2.58. The van der Waals surface area contributed by atoms with Gasteiger partial charge < -0.3 is 0 Å². The third-order valence-corrected chi connectivity index (χ3v) is 4.29. The molecule has 1 aliphatic rings. The van der Waals surface area contributed by atoms with Crippen LogP contribution < -0.4 is 0 Å². The first-order valence-corrected chi connectivity index (χ1v) is 7.53. The zero-order chi connectivity index (χ0) is 17.4. The van der Waals surface area contributed by atoms with Crippen LogP contribution in [0.1, 0.15) is 34.7 Å². The molecule has 1 nitrogen and oxygen atoms in total. The Morgan fingerprint density at radius 3 is 2.29 bits per heavy atom. The summed E-state index contributed by atoms with van der Waals surface area (Å²) in [6, 6.07) is 5.11. The van der Waals surface area contributed by atoms with Crippen molar-refractivity contribution in [2.24, 2.45) is 0 Å². The normalized spacial score (nSPS) is 13.2. The van der Waals surface area contributed by atoms with E-state index in [-0.39, 0.29) is 24.0 Å². The Morgan fingerprint density at radius 2 is 1.71 bits per heavy atom. The van der Waals surface area contributed by atoms with Gasteiger partial charge in [-0.15, -0.1) is 0 Å². The van der Waals surface area contributed by atoms with E-state index >= 15 is 0 Å². The lowest BCUT2D eigenvalue weighted by molar-refractivity contribution is 0.563. The second-order valence-electron chi connectivity index (χ2n) is 5.70. The maximum Gasteiger partial charge on any atom is 0.147 e. The Hall–Kier alpha value is -2.61. The highest BCUT2D eigenvalue weighted by Crippen LogP contribution is 2.34. The van der Waals surface area contributed by atoms with Gasteiger partial charge in [0.2, 0.25) is 0 Å². The number of benzene rings is 2. The van der Waals surface area contributed by atoms with Crippen LogP contribution in [0.5, 0.6) is 0 Å². The molecule has 2 aromatic carbocycles. The van der Waals surface area contributed by atoms with Gasteiger partial charge in [-0.2, -0.15) is 5.26 Å². The smallest absolute Gasteiger partial charge is 0.147 e. The van der Waals surface area contributed by atoms with Crippen LogP contribution in [0.25, 0.3) is 5.57 Å². The van der Waals surface area contributed by atoms with E-state index < -0.39 is 28.8 Å². The fourth-order valence-corrected chi connectivity index (χ4v) is 3.02. The lowest BCUT2D eigenvalue weighted by Gasteiger charge is -2.20. The molecule has 0 unspecified atom stereocenters. The largest absolute Gasteiger partial charge is 0.206 e. The van der Waals surface area contributed by atoms with E-state index in [1.54, 1.807) is 6.92 Å². The van der Waals surface area contributed by atoms with Gasteiger partial charge in [0.15, 0.2) is 0 Å². The minimum absolute atomic E-state index is 0.00813. The molecule has 2 aromatic rings. The van der Waals surface area contributed by atoms with Crippen LogP contribution in [0.3, 0.4) is 0 Å². The van der Waals surface area contributed by atoms with Gasteiger partial charge in [-0.3, -0.25) is 0 Å². The number of nitriles is 1. The highest BCUT2D eigenvalue weighted by Gasteiger charge is 2.24. The Balaban J connectivity index is 2.06. The van der Waals surface area contributed by atoms with Gasteiger partial charge in [0.05, 0.1) is 0 Å². The Labute approximate surface area is 136 Å². The molecule has 0 fully saturated rings. The van der Waals surface area contributed by atoms with Crippen LogP contribution >= 0.6 is 0 Å². The van der Waals surface area contributed by atoms with Crippen molar-refractivity contribution in [1.29, 1.82) is 5.26 Å². The molecule has 0 saturated heterocycles. The molecule has 0 amide bonds. The minimum Gasteiger partial charge on any atom is -0.206 e. The van der Waals surface area contributed by atoms with Gasteiger partial charge in [-0.25, -0.2) is 17.6 Å². The van der Waals surface area contributed by atoms with Crippen molar-refractivity contribution in [3.05, 3.63) is 75.4 Å². The quantitative estimate of drug-likeness (QED) is 0.721. The maximum absolute atomic E-state index is 14.3. The molecule has 0 spiro atoms. The van der Waals surface area contributed by atoms with Crippen LogP contribution in [0.2, 0.25) is 0 Å². The molecular formula is C19H13F4N. The third-order valence-electron chi connectivity index (χ3n) is 4.29. The van der Waals surface area contributed by atoms with E-state index in [4.69, 9.17) is 5.26 Å². The van der Waals surface area contributed by atoms with E-state index in [0.717, 1.165) is 6.07 Å². The molecule has 0 aromatic heterocycles. The maximum atomic E-state index is 14.3. The number of hydrogen-bond donors (Lipinski definition) is 0. The van der Waals surface area contributed by atoms with Crippen LogP contribution in [-0.2, 0) is 19.3 Å². The Morgan fingerprint density at radius 1 is 1.04 bits per heavy atom. The Bertz CT molecular complexity index is 884. The molecule has 24 heavy (non-hydrogen) atoms. The molecule has 122 valence electrons. The average molecular weight is 331 g/mol. The zero-order valence-corrected chi connectivity index (χ0v) is 12.9. The number of aryl methyl sites for hydroxylation is 1. The summed E-state index contributed by atoms with van der Waals surface area (Å²) in [7, 11) is 0. The summed E-state index contributed by atoms with van der Waals surface area (Å²) in [5.74, 6) is -3.23. The van der Waals surface area contributed by atoms with E-state index in [1.807, 2.05) is 0 Å². The Kier molecular flexibility index (Phi) is 4.15. The molecule has 0 atom stereocenters. The number of allylic oxidation sites excluding steroid dienone is 2. The predicted molar refractivity (Wildman–Crippen MR) is 82.2 cm³/mol. The van der Waals surface area contributed by atoms with Gasteiger partial charge in [-0.05, 0) is 59.7 Å². The number of hydrogen-bond acceptors (Lipinski definition) is 1. The summed E-state index contributed by atoms with van der Waals surface area (Å²) in [6.45, 7) is 1.79. The molecule has 0 bridgehead atoms. The van der Waals surface area contributed by atoms with E-state index in [9.17, 15) is 17.6 Å². The van der Waals surface area contributed by atoms with Gasteiger partial charge in [0, 0.05) is 5.56 Å². The van der Waals surface area contributed by atoms with Crippen molar-refractivity contribution in [3.63, 3.8) is 0 Å². The van der Waals surface area contributed by atoms with Crippen molar-refractivity contribution in [1.82, 2.24) is 0 Å². The van der Waals surface area contributed by atoms with E-state index in [2.05, 4.69) is 0 Å². The highest BCUT2D eigenvalue weighted by molar-refractivity contribution is 5.72. The molecular weight excluding hydrogens is 318 g/mol. The molecule has 0 N–H and O–H groups in total. The lowest BCUT2D eigenvalue weighted by atomic mass is 9.86. The van der Waals surface area contributed by atoms with Crippen molar-refractivity contribution in [2.75, 3.05) is 0 Å². The average Bonchev–Trinajstić information content (AvgIpc) is 2.54. The molecule has 0 heterocycles.